The highest BCUT2D eigenvalue weighted by atomic mass is 19.1. The Morgan fingerprint density at radius 2 is 2.16 bits per heavy atom. The fraction of sp³-hybridized carbons (Fsp3) is 0.600. The average Bonchev–Trinajstić information content (AvgIpc) is 2.46. The van der Waals surface area contributed by atoms with E-state index in [1.165, 1.54) is 18.9 Å². The molecule has 1 aromatic carbocycles. The van der Waals surface area contributed by atoms with Gasteiger partial charge in [-0.05, 0) is 25.0 Å². The normalized spacial score (nSPS) is 27.2. The molecule has 0 aromatic heterocycles. The summed E-state index contributed by atoms with van der Waals surface area (Å²) in [4.78, 5) is 2.24. The van der Waals surface area contributed by atoms with Crippen LogP contribution in [-0.4, -0.2) is 30.4 Å². The lowest BCUT2D eigenvalue weighted by Crippen LogP contribution is -2.53. The minimum absolute atomic E-state index is 0.253. The molecule has 1 N–H and O–H groups in total. The molecule has 2 atom stereocenters. The first-order valence-corrected chi connectivity index (χ1v) is 7.08. The molecule has 0 spiro atoms. The Hall–Kier alpha value is -1.13. The number of ether oxygens (including phenoxy) is 1. The number of nitrogens with zero attached hydrogens (tertiary/aromatic N) is 1. The van der Waals surface area contributed by atoms with Gasteiger partial charge in [0.2, 0.25) is 0 Å². The molecule has 0 bridgehead atoms. The van der Waals surface area contributed by atoms with Gasteiger partial charge in [-0.25, -0.2) is 4.39 Å². The fourth-order valence-electron chi connectivity index (χ4n) is 3.37. The molecular formula is C15H20FNO2. The first kappa shape index (κ1) is 12.9. The second-order valence-electron chi connectivity index (χ2n) is 5.35. The fourth-order valence-corrected chi connectivity index (χ4v) is 3.37. The smallest absolute Gasteiger partial charge is 0.130 e. The quantitative estimate of drug-likeness (QED) is 0.891. The zero-order valence-electron chi connectivity index (χ0n) is 11.0. The van der Waals surface area contributed by atoms with Crippen LogP contribution in [0.2, 0.25) is 0 Å². The van der Waals surface area contributed by atoms with Crippen molar-refractivity contribution in [2.45, 2.75) is 44.4 Å². The van der Waals surface area contributed by atoms with Gasteiger partial charge in [-0.2, -0.15) is 0 Å². The third kappa shape index (κ3) is 2.35. The van der Waals surface area contributed by atoms with Gasteiger partial charge in [0.05, 0.1) is 25.4 Å². The summed E-state index contributed by atoms with van der Waals surface area (Å²) in [6, 6.07) is 5.37. The van der Waals surface area contributed by atoms with E-state index in [1.54, 1.807) is 6.07 Å². The molecule has 2 fully saturated rings. The first-order chi connectivity index (χ1) is 9.31. The third-order valence-electron chi connectivity index (χ3n) is 4.29. The summed E-state index contributed by atoms with van der Waals surface area (Å²) in [7, 11) is 0. The number of aliphatic hydroxyl groups is 1. The molecule has 1 saturated heterocycles. The molecular weight excluding hydrogens is 245 g/mol. The molecule has 1 saturated carbocycles. The van der Waals surface area contributed by atoms with Crippen molar-refractivity contribution in [3.63, 3.8) is 0 Å². The molecule has 3 rings (SSSR count). The molecule has 104 valence electrons. The van der Waals surface area contributed by atoms with Crippen LogP contribution in [0.5, 0.6) is 0 Å². The van der Waals surface area contributed by atoms with Crippen LogP contribution in [0.3, 0.4) is 0 Å². The van der Waals surface area contributed by atoms with Gasteiger partial charge < -0.3 is 14.7 Å². The summed E-state index contributed by atoms with van der Waals surface area (Å²) in [5, 5.41) is 9.43. The van der Waals surface area contributed by atoms with Crippen LogP contribution in [-0.2, 0) is 11.3 Å². The largest absolute Gasteiger partial charge is 0.391 e. The van der Waals surface area contributed by atoms with E-state index >= 15 is 0 Å². The van der Waals surface area contributed by atoms with Gasteiger partial charge in [-0.15, -0.1) is 0 Å². The average molecular weight is 265 g/mol. The Labute approximate surface area is 113 Å². The molecule has 19 heavy (non-hydrogen) atoms. The topological polar surface area (TPSA) is 32.7 Å². The van der Waals surface area contributed by atoms with Gasteiger partial charge in [0, 0.05) is 17.8 Å². The van der Waals surface area contributed by atoms with Crippen molar-refractivity contribution in [3.8, 4) is 0 Å². The highest BCUT2D eigenvalue weighted by molar-refractivity contribution is 5.55. The monoisotopic (exact) mass is 265 g/mol. The van der Waals surface area contributed by atoms with Gasteiger partial charge in [0.25, 0.3) is 0 Å². The van der Waals surface area contributed by atoms with Crippen LogP contribution in [0.4, 0.5) is 10.1 Å². The van der Waals surface area contributed by atoms with Crippen molar-refractivity contribution in [2.24, 2.45) is 0 Å². The van der Waals surface area contributed by atoms with E-state index in [2.05, 4.69) is 4.90 Å². The Kier molecular flexibility index (Phi) is 3.71. The number of benzene rings is 1. The lowest BCUT2D eigenvalue weighted by molar-refractivity contribution is -0.00883. The lowest BCUT2D eigenvalue weighted by Gasteiger charge is -2.45. The summed E-state index contributed by atoms with van der Waals surface area (Å²) >= 11 is 0. The van der Waals surface area contributed by atoms with Crippen molar-refractivity contribution >= 4 is 5.69 Å². The minimum Gasteiger partial charge on any atom is -0.391 e. The highest BCUT2D eigenvalue weighted by Gasteiger charge is 2.35. The van der Waals surface area contributed by atoms with E-state index in [1.807, 2.05) is 6.07 Å². The number of anilines is 1. The minimum atomic E-state index is -0.321. The summed E-state index contributed by atoms with van der Waals surface area (Å²) in [5.41, 5.74) is 1.25. The van der Waals surface area contributed by atoms with Crippen molar-refractivity contribution in [1.29, 1.82) is 0 Å². The van der Waals surface area contributed by atoms with Crippen molar-refractivity contribution < 1.29 is 14.2 Å². The first-order valence-electron chi connectivity index (χ1n) is 7.08. The van der Waals surface area contributed by atoms with Crippen molar-refractivity contribution in [2.75, 3.05) is 18.1 Å². The third-order valence-corrected chi connectivity index (χ3v) is 4.29. The molecule has 1 aliphatic carbocycles. The van der Waals surface area contributed by atoms with Crippen LogP contribution in [0.25, 0.3) is 0 Å². The predicted molar refractivity (Wildman–Crippen MR) is 71.7 cm³/mol. The van der Waals surface area contributed by atoms with Crippen LogP contribution >= 0.6 is 0 Å². The highest BCUT2D eigenvalue weighted by Crippen LogP contribution is 2.34. The number of aliphatic hydroxyl groups excluding tert-OH is 1. The summed E-state index contributed by atoms with van der Waals surface area (Å²) in [6.07, 6.45) is 4.85. The molecule has 0 amide bonds. The van der Waals surface area contributed by atoms with Gasteiger partial charge in [0.15, 0.2) is 0 Å². The number of morpholine rings is 1. The second kappa shape index (κ2) is 5.47. The summed E-state index contributed by atoms with van der Waals surface area (Å²) in [5.74, 6) is -0.321. The standard InChI is InChI=1S/C15H20FNO2/c16-12-4-3-6-13(11(12)10-18)17-8-9-19-15-7-2-1-5-14(15)17/h3-4,6,14-15,18H,1-2,5,7-10H2. The number of rotatable bonds is 2. The van der Waals surface area contributed by atoms with Crippen molar-refractivity contribution in [1.82, 2.24) is 0 Å². The van der Waals surface area contributed by atoms with Crippen LogP contribution in [0.1, 0.15) is 31.2 Å². The predicted octanol–water partition coefficient (Wildman–Crippen LogP) is 2.47. The Bertz CT molecular complexity index is 450. The molecule has 2 aliphatic rings. The maximum Gasteiger partial charge on any atom is 0.130 e. The SMILES string of the molecule is OCc1c(F)cccc1N1CCOC2CCCCC21. The summed E-state index contributed by atoms with van der Waals surface area (Å²) in [6.45, 7) is 1.21. The van der Waals surface area contributed by atoms with E-state index in [4.69, 9.17) is 4.74 Å². The van der Waals surface area contributed by atoms with Crippen LogP contribution < -0.4 is 4.90 Å². The van der Waals surface area contributed by atoms with E-state index in [0.717, 1.165) is 25.1 Å². The van der Waals surface area contributed by atoms with E-state index in [-0.39, 0.29) is 18.5 Å². The maximum atomic E-state index is 13.8. The van der Waals surface area contributed by atoms with E-state index in [0.29, 0.717) is 18.2 Å². The van der Waals surface area contributed by atoms with Gasteiger partial charge in [-0.1, -0.05) is 18.9 Å². The molecule has 1 heterocycles. The van der Waals surface area contributed by atoms with Crippen LogP contribution in [0.15, 0.2) is 18.2 Å². The summed E-state index contributed by atoms with van der Waals surface area (Å²) < 4.78 is 19.7. The molecule has 3 nitrogen and oxygen atoms in total. The Morgan fingerprint density at radius 1 is 1.32 bits per heavy atom. The molecule has 1 aliphatic heterocycles. The number of hydrogen-bond donors (Lipinski definition) is 1. The van der Waals surface area contributed by atoms with Crippen LogP contribution in [0, 0.1) is 5.82 Å². The number of fused-ring (bicyclic) bond motifs is 1. The molecule has 1 aromatic rings. The second-order valence-corrected chi connectivity index (χ2v) is 5.35. The molecule has 2 unspecified atom stereocenters. The number of halogens is 1. The zero-order valence-corrected chi connectivity index (χ0v) is 11.0. The lowest BCUT2D eigenvalue weighted by atomic mass is 9.89. The van der Waals surface area contributed by atoms with E-state index < -0.39 is 0 Å². The molecule has 4 heteroatoms. The zero-order chi connectivity index (χ0) is 13.2. The van der Waals surface area contributed by atoms with Gasteiger partial charge >= 0.3 is 0 Å². The maximum absolute atomic E-state index is 13.8. The number of hydrogen-bond acceptors (Lipinski definition) is 3. The van der Waals surface area contributed by atoms with Crippen molar-refractivity contribution in [3.05, 3.63) is 29.6 Å². The Balaban J connectivity index is 1.94. The van der Waals surface area contributed by atoms with Gasteiger partial charge in [0.1, 0.15) is 5.82 Å². The van der Waals surface area contributed by atoms with E-state index in [9.17, 15) is 9.50 Å². The molecule has 0 radical (unpaired) electrons. The Morgan fingerprint density at radius 3 is 3.00 bits per heavy atom. The van der Waals surface area contributed by atoms with Gasteiger partial charge in [-0.3, -0.25) is 0 Å².